The zero-order chi connectivity index (χ0) is 19.8. The zero-order valence-electron chi connectivity index (χ0n) is 16.2. The Morgan fingerprint density at radius 2 is 2.00 bits per heavy atom. The van der Waals surface area contributed by atoms with Crippen LogP contribution in [0.5, 0.6) is 5.75 Å². The summed E-state index contributed by atoms with van der Waals surface area (Å²) in [7, 11) is -1.67. The van der Waals surface area contributed by atoms with Crippen LogP contribution in [0.4, 0.5) is 5.69 Å². The summed E-state index contributed by atoms with van der Waals surface area (Å²) in [5.74, 6) is 0.790. The summed E-state index contributed by atoms with van der Waals surface area (Å²) in [5.41, 5.74) is 3.72. The van der Waals surface area contributed by atoms with Gasteiger partial charge in [-0.3, -0.25) is 9.52 Å². The van der Waals surface area contributed by atoms with Crippen molar-refractivity contribution in [3.8, 4) is 16.9 Å². The molecule has 1 aliphatic rings. The largest absolute Gasteiger partial charge is 0.489 e. The highest BCUT2D eigenvalue weighted by atomic mass is 32.2. The van der Waals surface area contributed by atoms with Gasteiger partial charge in [0.25, 0.3) is 5.56 Å². The number of benzene rings is 1. The summed E-state index contributed by atoms with van der Waals surface area (Å²) < 4.78 is 34.5. The van der Waals surface area contributed by atoms with Gasteiger partial charge >= 0.3 is 0 Å². The van der Waals surface area contributed by atoms with E-state index in [-0.39, 0.29) is 17.4 Å². The minimum atomic E-state index is -3.38. The maximum atomic E-state index is 12.1. The molecule has 146 valence electrons. The number of anilines is 1. The molecule has 0 fully saturated rings. The molecule has 1 aromatic heterocycles. The van der Waals surface area contributed by atoms with Gasteiger partial charge in [0.15, 0.2) is 0 Å². The lowest BCUT2D eigenvalue weighted by atomic mass is 9.94. The Morgan fingerprint density at radius 3 is 2.63 bits per heavy atom. The van der Waals surface area contributed by atoms with Gasteiger partial charge in [-0.15, -0.1) is 0 Å². The molecule has 0 spiro atoms. The molecule has 1 aliphatic heterocycles. The van der Waals surface area contributed by atoms with Gasteiger partial charge in [-0.25, -0.2) is 8.42 Å². The molecule has 2 aromatic rings. The van der Waals surface area contributed by atoms with Crippen molar-refractivity contribution in [2.45, 2.75) is 46.1 Å². The maximum absolute atomic E-state index is 12.1. The summed E-state index contributed by atoms with van der Waals surface area (Å²) in [6, 6.07) is 5.48. The number of aromatic nitrogens is 1. The first-order valence-corrected chi connectivity index (χ1v) is 10.9. The lowest BCUT2D eigenvalue weighted by Gasteiger charge is -2.28. The fourth-order valence-corrected chi connectivity index (χ4v) is 4.01. The highest BCUT2D eigenvalue weighted by Crippen LogP contribution is 2.40. The normalized spacial score (nSPS) is 16.5. The van der Waals surface area contributed by atoms with Crippen LogP contribution in [0.3, 0.4) is 0 Å². The minimum Gasteiger partial charge on any atom is -0.489 e. The molecule has 0 amide bonds. The van der Waals surface area contributed by atoms with Gasteiger partial charge in [0.2, 0.25) is 10.0 Å². The predicted octanol–water partition coefficient (Wildman–Crippen LogP) is 3.23. The number of ether oxygens (including phenoxy) is 1. The van der Waals surface area contributed by atoms with Gasteiger partial charge in [-0.1, -0.05) is 6.92 Å². The van der Waals surface area contributed by atoms with Gasteiger partial charge in [0, 0.05) is 35.6 Å². The standard InChI is InChI=1S/C20H26N2O4S/c1-5-17-8-7-14-10-16(21-27(24,25)6-2)11-18(19(14)26-17)15-9-13(3)20(23)22(4)12-15/h9-12,17,21H,5-8H2,1-4H3. The topological polar surface area (TPSA) is 77.4 Å². The number of hydrogen-bond donors (Lipinski definition) is 1. The smallest absolute Gasteiger partial charge is 0.253 e. The molecule has 1 unspecified atom stereocenters. The van der Waals surface area contributed by atoms with Gasteiger partial charge in [-0.05, 0) is 56.9 Å². The summed E-state index contributed by atoms with van der Waals surface area (Å²) >= 11 is 0. The van der Waals surface area contributed by atoms with E-state index in [0.29, 0.717) is 11.3 Å². The first-order chi connectivity index (χ1) is 12.7. The van der Waals surface area contributed by atoms with Crippen molar-refractivity contribution in [3.05, 3.63) is 45.9 Å². The van der Waals surface area contributed by atoms with E-state index in [0.717, 1.165) is 41.7 Å². The van der Waals surface area contributed by atoms with Crippen LogP contribution in [0.1, 0.15) is 37.8 Å². The second-order valence-electron chi connectivity index (χ2n) is 7.03. The Bertz CT molecular complexity index is 999. The van der Waals surface area contributed by atoms with E-state index in [1.165, 1.54) is 0 Å². The quantitative estimate of drug-likeness (QED) is 0.850. The molecule has 2 heterocycles. The van der Waals surface area contributed by atoms with E-state index >= 15 is 0 Å². The molecule has 0 saturated heterocycles. The Balaban J connectivity index is 2.19. The third kappa shape index (κ3) is 4.03. The second kappa shape index (κ2) is 7.38. The third-order valence-corrected chi connectivity index (χ3v) is 6.27. The van der Waals surface area contributed by atoms with E-state index in [9.17, 15) is 13.2 Å². The number of rotatable bonds is 5. The first kappa shape index (κ1) is 19.5. The molecule has 7 heteroatoms. The molecule has 0 saturated carbocycles. The lowest BCUT2D eigenvalue weighted by molar-refractivity contribution is 0.170. The molecular formula is C20H26N2O4S. The van der Waals surface area contributed by atoms with E-state index in [1.807, 2.05) is 12.1 Å². The first-order valence-electron chi connectivity index (χ1n) is 9.25. The van der Waals surface area contributed by atoms with Crippen molar-refractivity contribution in [1.29, 1.82) is 0 Å². The fourth-order valence-electron chi connectivity index (χ4n) is 3.39. The molecule has 27 heavy (non-hydrogen) atoms. The summed E-state index contributed by atoms with van der Waals surface area (Å²) in [6.07, 6.45) is 4.55. The predicted molar refractivity (Wildman–Crippen MR) is 108 cm³/mol. The number of nitrogens with one attached hydrogen (secondary N) is 1. The Labute approximate surface area is 160 Å². The Kier molecular flexibility index (Phi) is 5.33. The van der Waals surface area contributed by atoms with Crippen LogP contribution in [-0.4, -0.2) is 24.8 Å². The number of pyridine rings is 1. The summed E-state index contributed by atoms with van der Waals surface area (Å²) in [5, 5.41) is 0. The van der Waals surface area contributed by atoms with Crippen molar-refractivity contribution in [1.82, 2.24) is 4.57 Å². The highest BCUT2D eigenvalue weighted by molar-refractivity contribution is 7.92. The molecule has 0 bridgehead atoms. The van der Waals surface area contributed by atoms with Crippen molar-refractivity contribution < 1.29 is 13.2 Å². The SMILES string of the molecule is CCC1CCc2cc(NS(=O)(=O)CC)cc(-c3cc(C)c(=O)n(C)c3)c2O1. The van der Waals surface area contributed by atoms with Crippen LogP contribution in [0.2, 0.25) is 0 Å². The van der Waals surface area contributed by atoms with Gasteiger partial charge in [0.1, 0.15) is 5.75 Å². The molecule has 1 atom stereocenters. The van der Waals surface area contributed by atoms with Crippen LogP contribution in [0.25, 0.3) is 11.1 Å². The van der Waals surface area contributed by atoms with Gasteiger partial charge in [-0.2, -0.15) is 0 Å². The third-order valence-electron chi connectivity index (χ3n) is 4.97. The van der Waals surface area contributed by atoms with Crippen molar-refractivity contribution in [2.24, 2.45) is 7.05 Å². The number of aryl methyl sites for hydroxylation is 3. The van der Waals surface area contributed by atoms with Crippen LogP contribution >= 0.6 is 0 Å². The van der Waals surface area contributed by atoms with E-state index in [4.69, 9.17) is 4.74 Å². The molecule has 0 aliphatic carbocycles. The van der Waals surface area contributed by atoms with Crippen molar-refractivity contribution in [3.63, 3.8) is 0 Å². The average Bonchev–Trinajstić information content (AvgIpc) is 2.64. The summed E-state index contributed by atoms with van der Waals surface area (Å²) in [4.78, 5) is 12.1. The fraction of sp³-hybridized carbons (Fsp3) is 0.450. The average molecular weight is 391 g/mol. The zero-order valence-corrected chi connectivity index (χ0v) is 17.0. The molecule has 0 radical (unpaired) electrons. The van der Waals surface area contributed by atoms with Gasteiger partial charge in [0.05, 0.1) is 11.9 Å². The molecule has 1 N–H and O–H groups in total. The lowest BCUT2D eigenvalue weighted by Crippen LogP contribution is -2.23. The number of nitrogens with zero attached hydrogens (tertiary/aromatic N) is 1. The van der Waals surface area contributed by atoms with Crippen LogP contribution in [-0.2, 0) is 23.5 Å². The molecule has 1 aromatic carbocycles. The number of fused-ring (bicyclic) bond motifs is 1. The van der Waals surface area contributed by atoms with E-state index in [1.54, 1.807) is 37.7 Å². The maximum Gasteiger partial charge on any atom is 0.253 e. The Morgan fingerprint density at radius 1 is 1.26 bits per heavy atom. The number of hydrogen-bond acceptors (Lipinski definition) is 4. The molecule has 3 rings (SSSR count). The van der Waals surface area contributed by atoms with Crippen LogP contribution in [0.15, 0.2) is 29.2 Å². The number of sulfonamides is 1. The minimum absolute atomic E-state index is 0.00672. The Hall–Kier alpha value is -2.28. The molecule has 6 nitrogen and oxygen atoms in total. The van der Waals surface area contributed by atoms with Gasteiger partial charge < -0.3 is 9.30 Å². The van der Waals surface area contributed by atoms with E-state index in [2.05, 4.69) is 11.6 Å². The monoisotopic (exact) mass is 390 g/mol. The van der Waals surface area contributed by atoms with Crippen molar-refractivity contribution in [2.75, 3.05) is 10.5 Å². The second-order valence-corrected chi connectivity index (χ2v) is 9.04. The van der Waals surface area contributed by atoms with E-state index < -0.39 is 10.0 Å². The van der Waals surface area contributed by atoms with Crippen LogP contribution < -0.4 is 15.0 Å². The van der Waals surface area contributed by atoms with Crippen molar-refractivity contribution >= 4 is 15.7 Å². The highest BCUT2D eigenvalue weighted by Gasteiger charge is 2.24. The van der Waals surface area contributed by atoms with Crippen LogP contribution in [0, 0.1) is 6.92 Å². The molecular weight excluding hydrogens is 364 g/mol. The summed E-state index contributed by atoms with van der Waals surface area (Å²) in [6.45, 7) is 5.47.